The van der Waals surface area contributed by atoms with E-state index < -0.39 is 34.9 Å². The molecule has 0 spiro atoms. The van der Waals surface area contributed by atoms with Crippen LogP contribution in [0.3, 0.4) is 0 Å². The van der Waals surface area contributed by atoms with Crippen LogP contribution in [-0.4, -0.2) is 95.4 Å². The number of rotatable bonds is 8. The van der Waals surface area contributed by atoms with Crippen LogP contribution in [0.2, 0.25) is 0 Å². The second-order valence-electron chi connectivity index (χ2n) is 3.70. The molecule has 0 aliphatic rings. The first kappa shape index (κ1) is 26.6. The van der Waals surface area contributed by atoms with Gasteiger partial charge in [0.25, 0.3) is 0 Å². The molecule has 0 bridgehead atoms. The Morgan fingerprint density at radius 2 is 1.19 bits per heavy atom. The van der Waals surface area contributed by atoms with E-state index in [1.807, 2.05) is 0 Å². The number of hydrogen-bond acceptors (Lipinski definition) is 10. The standard InChI is InChI=1S/2C5H11NO3S.Ca/c2*1-10-4(7)2-3(6)5(8)9;/h2*3-4,7H,2,6H2,1H3,(H,8,9);/q;;+2/p-2/t2*3-,4?;/m00./s1. The Balaban J connectivity index is -0.000000295. The zero-order chi connectivity index (χ0) is 16.3. The van der Waals surface area contributed by atoms with Gasteiger partial charge in [0, 0.05) is 24.9 Å². The van der Waals surface area contributed by atoms with Crippen molar-refractivity contribution in [2.45, 2.75) is 35.8 Å². The van der Waals surface area contributed by atoms with Gasteiger partial charge in [-0.25, -0.2) is 0 Å². The summed E-state index contributed by atoms with van der Waals surface area (Å²) in [7, 11) is 0. The van der Waals surface area contributed by atoms with Crippen LogP contribution in [-0.2, 0) is 9.59 Å². The van der Waals surface area contributed by atoms with E-state index >= 15 is 0 Å². The van der Waals surface area contributed by atoms with E-state index in [2.05, 4.69) is 0 Å². The first-order valence-electron chi connectivity index (χ1n) is 5.50. The van der Waals surface area contributed by atoms with E-state index in [0.717, 1.165) is 23.5 Å². The topological polar surface area (TPSA) is 173 Å². The van der Waals surface area contributed by atoms with Crippen molar-refractivity contribution in [2.75, 3.05) is 12.5 Å². The van der Waals surface area contributed by atoms with Crippen molar-refractivity contribution in [3.8, 4) is 0 Å². The van der Waals surface area contributed by atoms with Crippen molar-refractivity contribution < 1.29 is 30.0 Å². The second kappa shape index (κ2) is 15.6. The van der Waals surface area contributed by atoms with Gasteiger partial charge in [0.15, 0.2) is 0 Å². The number of carbonyl (C=O) groups excluding carboxylic acids is 2. The molecule has 0 fully saturated rings. The molecule has 0 amide bonds. The quantitative estimate of drug-likeness (QED) is 0.243. The van der Waals surface area contributed by atoms with Gasteiger partial charge in [-0.2, -0.15) is 0 Å². The van der Waals surface area contributed by atoms with Crippen LogP contribution in [0.15, 0.2) is 0 Å². The summed E-state index contributed by atoms with van der Waals surface area (Å²) >= 11 is 2.31. The monoisotopic (exact) mass is 368 g/mol. The summed E-state index contributed by atoms with van der Waals surface area (Å²) in [6.07, 6.45) is 3.41. The van der Waals surface area contributed by atoms with Crippen molar-refractivity contribution >= 4 is 73.2 Å². The molecular formula is C10H20CaN2O6S2. The van der Waals surface area contributed by atoms with Crippen LogP contribution >= 0.6 is 23.5 Å². The van der Waals surface area contributed by atoms with Gasteiger partial charge in [-0.1, -0.05) is 0 Å². The van der Waals surface area contributed by atoms with Gasteiger partial charge in [0.05, 0.1) is 11.9 Å². The zero-order valence-electron chi connectivity index (χ0n) is 11.9. The molecule has 0 aromatic rings. The van der Waals surface area contributed by atoms with Crippen molar-refractivity contribution in [3.63, 3.8) is 0 Å². The van der Waals surface area contributed by atoms with Crippen LogP contribution in [0.4, 0.5) is 0 Å². The van der Waals surface area contributed by atoms with Crippen molar-refractivity contribution in [1.82, 2.24) is 0 Å². The number of thioether (sulfide) groups is 2. The smallest absolute Gasteiger partial charge is 0.548 e. The van der Waals surface area contributed by atoms with Crippen LogP contribution in [0.5, 0.6) is 0 Å². The Labute approximate surface area is 162 Å². The van der Waals surface area contributed by atoms with Gasteiger partial charge in [-0.15, -0.1) is 23.5 Å². The van der Waals surface area contributed by atoms with Crippen molar-refractivity contribution in [2.24, 2.45) is 11.5 Å². The maximum Gasteiger partial charge on any atom is 2.00 e. The summed E-state index contributed by atoms with van der Waals surface area (Å²) < 4.78 is 0. The van der Waals surface area contributed by atoms with E-state index in [4.69, 9.17) is 21.7 Å². The van der Waals surface area contributed by atoms with Gasteiger partial charge in [-0.05, 0) is 12.5 Å². The van der Waals surface area contributed by atoms with Gasteiger partial charge in [0.1, 0.15) is 10.9 Å². The minimum absolute atomic E-state index is 0. The van der Waals surface area contributed by atoms with Crippen LogP contribution in [0, 0.1) is 0 Å². The number of aliphatic carboxylic acids is 2. The van der Waals surface area contributed by atoms with E-state index in [1.165, 1.54) is 0 Å². The van der Waals surface area contributed by atoms with Crippen LogP contribution in [0.1, 0.15) is 12.8 Å². The molecule has 0 aliphatic heterocycles. The maximum absolute atomic E-state index is 9.99. The Hall–Kier alpha value is 0.740. The number of aliphatic hydroxyl groups excluding tert-OH is 2. The molecule has 0 saturated carbocycles. The van der Waals surface area contributed by atoms with Gasteiger partial charge < -0.3 is 41.5 Å². The molecule has 0 aromatic heterocycles. The molecule has 2 unspecified atom stereocenters. The zero-order valence-corrected chi connectivity index (χ0v) is 15.8. The first-order valence-corrected chi connectivity index (χ1v) is 8.07. The Bertz CT molecular complexity index is 273. The molecule has 0 saturated heterocycles. The number of carbonyl (C=O) groups is 2. The van der Waals surface area contributed by atoms with Crippen LogP contribution < -0.4 is 21.7 Å². The third kappa shape index (κ3) is 16.9. The summed E-state index contributed by atoms with van der Waals surface area (Å²) in [6, 6.07) is -2.13. The number of nitrogens with two attached hydrogens (primary N) is 2. The molecule has 8 nitrogen and oxygen atoms in total. The van der Waals surface area contributed by atoms with Crippen LogP contribution in [0.25, 0.3) is 0 Å². The third-order valence-corrected chi connectivity index (χ3v) is 3.53. The molecule has 21 heavy (non-hydrogen) atoms. The number of hydrogen-bond donors (Lipinski definition) is 4. The summed E-state index contributed by atoms with van der Waals surface area (Å²) in [4.78, 5) is 20.0. The molecular weight excluding hydrogens is 348 g/mol. The number of carboxylic acids is 2. The minimum atomic E-state index is -1.33. The average molecular weight is 368 g/mol. The summed E-state index contributed by atoms with van der Waals surface area (Å²) in [5.41, 5.74) is 8.69. The van der Waals surface area contributed by atoms with E-state index in [9.17, 15) is 19.8 Å². The molecule has 0 heterocycles. The van der Waals surface area contributed by atoms with E-state index in [0.29, 0.717) is 0 Å². The SMILES string of the molecule is CSC(O)C[C@H](N)C(=O)[O-].CSC(O)C[C@H](N)C(=O)[O-].[Ca+2]. The molecule has 6 N–H and O–H groups in total. The van der Waals surface area contributed by atoms with Crippen molar-refractivity contribution in [3.05, 3.63) is 0 Å². The summed E-state index contributed by atoms with van der Waals surface area (Å²) in [5.74, 6) is -2.65. The number of aliphatic hydroxyl groups is 2. The largest absolute Gasteiger partial charge is 2.00 e. The predicted molar refractivity (Wildman–Crippen MR) is 80.0 cm³/mol. The van der Waals surface area contributed by atoms with E-state index in [1.54, 1.807) is 12.5 Å². The summed E-state index contributed by atoms with van der Waals surface area (Å²) in [5, 5.41) is 37.7. The maximum atomic E-state index is 9.99. The first-order chi connectivity index (χ1) is 9.15. The fraction of sp³-hybridized carbons (Fsp3) is 0.800. The molecule has 4 atom stereocenters. The third-order valence-electron chi connectivity index (χ3n) is 2.06. The normalized spacial score (nSPS) is 15.5. The molecule has 11 heteroatoms. The van der Waals surface area contributed by atoms with Gasteiger partial charge >= 0.3 is 37.7 Å². The van der Waals surface area contributed by atoms with Gasteiger partial charge in [0.2, 0.25) is 0 Å². The molecule has 0 aromatic carbocycles. The molecule has 120 valence electrons. The second-order valence-corrected chi connectivity index (χ2v) is 5.73. The fourth-order valence-corrected chi connectivity index (χ4v) is 1.62. The Morgan fingerprint density at radius 3 is 1.33 bits per heavy atom. The van der Waals surface area contributed by atoms with Crippen molar-refractivity contribution in [1.29, 1.82) is 0 Å². The Morgan fingerprint density at radius 1 is 0.952 bits per heavy atom. The fourth-order valence-electron chi connectivity index (χ4n) is 0.819. The Kier molecular flexibility index (Phi) is 19.8. The number of carboxylic acid groups (broad SMARTS) is 2. The minimum Gasteiger partial charge on any atom is -0.548 e. The molecule has 0 aliphatic carbocycles. The average Bonchev–Trinajstić information content (AvgIpc) is 2.38. The molecule has 0 rings (SSSR count). The summed E-state index contributed by atoms with van der Waals surface area (Å²) in [6.45, 7) is 0. The predicted octanol–water partition coefficient (Wildman–Crippen LogP) is -4.11. The van der Waals surface area contributed by atoms with Gasteiger partial charge in [-0.3, -0.25) is 0 Å². The van der Waals surface area contributed by atoms with E-state index in [-0.39, 0.29) is 50.6 Å². The molecule has 0 radical (unpaired) electrons.